The van der Waals surface area contributed by atoms with Crippen LogP contribution >= 0.6 is 11.8 Å². The zero-order chi connectivity index (χ0) is 22.8. The number of methoxy groups -OCH3 is 1. The first-order valence-corrected chi connectivity index (χ1v) is 13.2. The van der Waals surface area contributed by atoms with Gasteiger partial charge in [0.1, 0.15) is 5.54 Å². The molecule has 6 nitrogen and oxygen atoms in total. The Morgan fingerprint density at radius 2 is 1.76 bits per heavy atom. The maximum atomic E-state index is 13.9. The molecule has 0 aliphatic carbocycles. The van der Waals surface area contributed by atoms with Crippen molar-refractivity contribution in [1.29, 1.82) is 0 Å². The van der Waals surface area contributed by atoms with Crippen molar-refractivity contribution in [1.82, 2.24) is 14.7 Å². The van der Waals surface area contributed by atoms with Gasteiger partial charge in [-0.3, -0.25) is 9.69 Å². The van der Waals surface area contributed by atoms with Crippen LogP contribution in [0.3, 0.4) is 0 Å². The lowest BCUT2D eigenvalue weighted by Crippen LogP contribution is -2.58. The van der Waals surface area contributed by atoms with E-state index in [0.29, 0.717) is 38.6 Å². The van der Waals surface area contributed by atoms with Crippen LogP contribution in [0.4, 0.5) is 4.79 Å². The van der Waals surface area contributed by atoms with Gasteiger partial charge in [-0.15, -0.1) is 0 Å². The Hall–Kier alpha value is -2.09. The molecule has 0 atom stereocenters. The van der Waals surface area contributed by atoms with Crippen molar-refractivity contribution in [3.05, 3.63) is 48.0 Å². The normalized spacial score (nSPS) is 22.1. The van der Waals surface area contributed by atoms with Crippen molar-refractivity contribution in [2.24, 2.45) is 0 Å². The van der Waals surface area contributed by atoms with E-state index in [1.807, 2.05) is 40.9 Å². The minimum absolute atomic E-state index is 0.0320. The lowest BCUT2D eigenvalue weighted by Gasteiger charge is -2.45. The summed E-state index contributed by atoms with van der Waals surface area (Å²) in [6, 6.07) is 14.7. The number of urea groups is 1. The smallest absolute Gasteiger partial charge is 0.328 e. The van der Waals surface area contributed by atoms with E-state index < -0.39 is 5.54 Å². The predicted molar refractivity (Wildman–Crippen MR) is 132 cm³/mol. The number of hydrogen-bond acceptors (Lipinski definition) is 5. The van der Waals surface area contributed by atoms with Gasteiger partial charge < -0.3 is 14.5 Å². The summed E-state index contributed by atoms with van der Waals surface area (Å²) in [6.45, 7) is 2.95. The standard InChI is InChI=1S/C26H33N3O3S/c1-32-16-15-29-25(31)28(19-21-7-4-6-20-5-2-3-8-23(20)21)24(30)26(29)11-13-27(14-12-26)22-9-17-33-18-10-22/h2-8,22H,9-19H2,1H3. The summed E-state index contributed by atoms with van der Waals surface area (Å²) in [5.41, 5.74) is 0.274. The van der Waals surface area contributed by atoms with E-state index in [0.717, 1.165) is 29.4 Å². The number of ether oxygens (including phenoxy) is 1. The summed E-state index contributed by atoms with van der Waals surface area (Å²) >= 11 is 2.04. The van der Waals surface area contributed by atoms with Crippen LogP contribution in [-0.2, 0) is 16.1 Å². The summed E-state index contributed by atoms with van der Waals surface area (Å²) in [7, 11) is 1.65. The Morgan fingerprint density at radius 3 is 2.52 bits per heavy atom. The first kappa shape index (κ1) is 22.7. The molecule has 3 fully saturated rings. The van der Waals surface area contributed by atoms with Gasteiger partial charge in [0.05, 0.1) is 13.2 Å². The molecular formula is C26H33N3O3S. The maximum absolute atomic E-state index is 13.9. The SMILES string of the molecule is COCCN1C(=O)N(Cc2cccc3ccccc23)C(=O)C12CCN(C1CCSCC1)CC2. The van der Waals surface area contributed by atoms with E-state index in [9.17, 15) is 9.59 Å². The van der Waals surface area contributed by atoms with Gasteiger partial charge in [0.25, 0.3) is 5.91 Å². The molecule has 0 bridgehead atoms. The van der Waals surface area contributed by atoms with Gasteiger partial charge in [-0.1, -0.05) is 42.5 Å². The fourth-order valence-electron chi connectivity index (χ4n) is 5.81. The quantitative estimate of drug-likeness (QED) is 0.602. The van der Waals surface area contributed by atoms with E-state index >= 15 is 0 Å². The second-order valence-electron chi connectivity index (χ2n) is 9.37. The number of piperidine rings is 1. The number of benzene rings is 2. The van der Waals surface area contributed by atoms with E-state index in [1.54, 1.807) is 7.11 Å². The number of fused-ring (bicyclic) bond motifs is 1. The number of thioether (sulfide) groups is 1. The number of carbonyl (C=O) groups is 2. The number of hydrogen-bond donors (Lipinski definition) is 0. The molecule has 3 saturated heterocycles. The van der Waals surface area contributed by atoms with Crippen LogP contribution in [0, 0.1) is 0 Å². The first-order chi connectivity index (χ1) is 16.1. The molecule has 3 aliphatic heterocycles. The molecule has 0 saturated carbocycles. The monoisotopic (exact) mass is 467 g/mol. The molecule has 0 N–H and O–H groups in total. The minimum atomic E-state index is -0.736. The van der Waals surface area contributed by atoms with Gasteiger partial charge in [-0.05, 0) is 53.5 Å². The molecule has 7 heteroatoms. The molecule has 0 aromatic heterocycles. The van der Waals surface area contributed by atoms with Crippen molar-refractivity contribution >= 4 is 34.5 Å². The number of rotatable bonds is 6. The summed E-state index contributed by atoms with van der Waals surface area (Å²) < 4.78 is 5.31. The van der Waals surface area contributed by atoms with Crippen molar-refractivity contribution in [2.45, 2.75) is 43.8 Å². The summed E-state index contributed by atoms with van der Waals surface area (Å²) in [6.07, 6.45) is 3.87. The van der Waals surface area contributed by atoms with Crippen LogP contribution in [-0.4, -0.2) is 83.1 Å². The maximum Gasteiger partial charge on any atom is 0.328 e. The highest BCUT2D eigenvalue weighted by Gasteiger charge is 2.58. The van der Waals surface area contributed by atoms with Gasteiger partial charge in [0.2, 0.25) is 0 Å². The third kappa shape index (κ3) is 4.15. The second kappa shape index (κ2) is 9.65. The van der Waals surface area contributed by atoms with Crippen molar-refractivity contribution < 1.29 is 14.3 Å². The third-order valence-corrected chi connectivity index (χ3v) is 8.73. The van der Waals surface area contributed by atoms with Crippen LogP contribution in [0.2, 0.25) is 0 Å². The number of likely N-dealkylation sites (tertiary alicyclic amines) is 1. The average molecular weight is 468 g/mol. The largest absolute Gasteiger partial charge is 0.383 e. The zero-order valence-corrected chi connectivity index (χ0v) is 20.2. The van der Waals surface area contributed by atoms with Gasteiger partial charge in [-0.25, -0.2) is 4.79 Å². The molecule has 3 amide bonds. The van der Waals surface area contributed by atoms with Crippen LogP contribution in [0.5, 0.6) is 0 Å². The molecule has 5 rings (SSSR count). The molecule has 176 valence electrons. The van der Waals surface area contributed by atoms with Gasteiger partial charge in [0, 0.05) is 32.8 Å². The van der Waals surface area contributed by atoms with Crippen molar-refractivity contribution in [3.63, 3.8) is 0 Å². The van der Waals surface area contributed by atoms with Crippen molar-refractivity contribution in [2.75, 3.05) is 44.9 Å². The highest BCUT2D eigenvalue weighted by molar-refractivity contribution is 7.99. The van der Waals surface area contributed by atoms with E-state index in [2.05, 4.69) is 23.1 Å². The lowest BCUT2D eigenvalue weighted by molar-refractivity contribution is -0.136. The van der Waals surface area contributed by atoms with Crippen LogP contribution < -0.4 is 0 Å². The number of imide groups is 1. The molecule has 0 radical (unpaired) electrons. The summed E-state index contributed by atoms with van der Waals surface area (Å²) in [4.78, 5) is 33.3. The van der Waals surface area contributed by atoms with Crippen LogP contribution in [0.25, 0.3) is 10.8 Å². The zero-order valence-electron chi connectivity index (χ0n) is 19.4. The highest BCUT2D eigenvalue weighted by atomic mass is 32.2. The van der Waals surface area contributed by atoms with Crippen LogP contribution in [0.15, 0.2) is 42.5 Å². The number of nitrogens with zero attached hydrogens (tertiary/aromatic N) is 3. The fraction of sp³-hybridized carbons (Fsp3) is 0.538. The number of carbonyl (C=O) groups excluding carboxylic acids is 2. The molecule has 3 heterocycles. The highest BCUT2D eigenvalue weighted by Crippen LogP contribution is 2.39. The first-order valence-electron chi connectivity index (χ1n) is 12.0. The Labute approximate surface area is 200 Å². The average Bonchev–Trinajstić information content (AvgIpc) is 3.05. The van der Waals surface area contributed by atoms with E-state index in [-0.39, 0.29) is 11.9 Å². The second-order valence-corrected chi connectivity index (χ2v) is 10.6. The molecular weight excluding hydrogens is 434 g/mol. The molecule has 33 heavy (non-hydrogen) atoms. The molecule has 2 aromatic carbocycles. The fourth-order valence-corrected chi connectivity index (χ4v) is 6.89. The lowest BCUT2D eigenvalue weighted by atomic mass is 9.84. The molecule has 0 unspecified atom stereocenters. The van der Waals surface area contributed by atoms with E-state index in [4.69, 9.17) is 4.74 Å². The topological polar surface area (TPSA) is 53.1 Å². The summed E-state index contributed by atoms with van der Waals surface area (Å²) in [5.74, 6) is 2.42. The Morgan fingerprint density at radius 1 is 1.03 bits per heavy atom. The Kier molecular flexibility index (Phi) is 6.63. The predicted octanol–water partition coefficient (Wildman–Crippen LogP) is 3.98. The molecule has 2 aromatic rings. The summed E-state index contributed by atoms with van der Waals surface area (Å²) in [5, 5.41) is 2.22. The van der Waals surface area contributed by atoms with E-state index in [1.165, 1.54) is 29.2 Å². The van der Waals surface area contributed by atoms with Crippen LogP contribution in [0.1, 0.15) is 31.2 Å². The Bertz CT molecular complexity index is 1010. The minimum Gasteiger partial charge on any atom is -0.383 e. The van der Waals surface area contributed by atoms with Gasteiger partial charge in [0.15, 0.2) is 0 Å². The van der Waals surface area contributed by atoms with Gasteiger partial charge >= 0.3 is 6.03 Å². The third-order valence-electron chi connectivity index (χ3n) is 7.68. The van der Waals surface area contributed by atoms with Crippen molar-refractivity contribution in [3.8, 4) is 0 Å². The van der Waals surface area contributed by atoms with Gasteiger partial charge in [-0.2, -0.15) is 11.8 Å². The molecule has 1 spiro atoms. The Balaban J connectivity index is 1.39. The number of amides is 3. The molecule has 3 aliphatic rings.